The van der Waals surface area contributed by atoms with Gasteiger partial charge in [-0.05, 0) is 51.7 Å². The van der Waals surface area contributed by atoms with Gasteiger partial charge in [-0.25, -0.2) is 4.98 Å². The normalized spacial score (nSPS) is 21.6. The Balaban J connectivity index is 1.21. The van der Waals surface area contributed by atoms with Crippen LogP contribution in [0.15, 0.2) is 36.5 Å². The third kappa shape index (κ3) is 5.89. The predicted octanol–water partition coefficient (Wildman–Crippen LogP) is 4.70. The number of hydrogen-bond acceptors (Lipinski definition) is 5. The minimum Gasteiger partial charge on any atom is -0.483 e. The maximum atomic E-state index is 12.6. The van der Waals surface area contributed by atoms with Crippen LogP contribution in [-0.4, -0.2) is 35.2 Å². The molecule has 2 aliphatic rings. The minimum absolute atomic E-state index is 0.00168. The summed E-state index contributed by atoms with van der Waals surface area (Å²) in [5, 5.41) is 2.98. The molecular weight excluding hydrogens is 437 g/mol. The SMILES string of the molecule is CC1(C)Cc2cccc(OCC(=O)NC3CCC(Oc4ccc(C(F)(F)F)cn4)CC3)c2O1. The fraction of sp³-hybridized carbons (Fsp3) is 0.500. The van der Waals surface area contributed by atoms with Gasteiger partial charge in [-0.15, -0.1) is 0 Å². The Morgan fingerprint density at radius 3 is 2.61 bits per heavy atom. The van der Waals surface area contributed by atoms with Crippen LogP contribution in [0.5, 0.6) is 17.4 Å². The second-order valence-corrected chi connectivity index (χ2v) is 9.11. The summed E-state index contributed by atoms with van der Waals surface area (Å²) in [6, 6.07) is 7.88. The molecule has 2 aromatic rings. The van der Waals surface area contributed by atoms with Crippen LogP contribution in [0.1, 0.15) is 50.7 Å². The molecule has 0 radical (unpaired) electrons. The third-order valence-electron chi connectivity index (χ3n) is 5.80. The van der Waals surface area contributed by atoms with Gasteiger partial charge in [-0.1, -0.05) is 12.1 Å². The van der Waals surface area contributed by atoms with Gasteiger partial charge in [0.05, 0.1) is 5.56 Å². The topological polar surface area (TPSA) is 69.7 Å². The molecule has 0 spiro atoms. The van der Waals surface area contributed by atoms with Crippen LogP contribution < -0.4 is 19.5 Å². The van der Waals surface area contributed by atoms with Crippen molar-refractivity contribution in [3.63, 3.8) is 0 Å². The number of carbonyl (C=O) groups is 1. The first-order valence-electron chi connectivity index (χ1n) is 11.0. The van der Waals surface area contributed by atoms with Crippen LogP contribution in [0.4, 0.5) is 13.2 Å². The summed E-state index contributed by atoms with van der Waals surface area (Å²) in [6.07, 6.45) is -0.257. The van der Waals surface area contributed by atoms with Gasteiger partial charge in [-0.3, -0.25) is 4.79 Å². The number of fused-ring (bicyclic) bond motifs is 1. The lowest BCUT2D eigenvalue weighted by molar-refractivity contribution is -0.137. The molecule has 0 saturated heterocycles. The van der Waals surface area contributed by atoms with Crippen molar-refractivity contribution in [3.05, 3.63) is 47.7 Å². The molecule has 0 bridgehead atoms. The number of carbonyl (C=O) groups excluding carboxylic acids is 1. The summed E-state index contributed by atoms with van der Waals surface area (Å²) in [5.74, 6) is 1.22. The molecule has 0 atom stereocenters. The summed E-state index contributed by atoms with van der Waals surface area (Å²) >= 11 is 0. The van der Waals surface area contributed by atoms with Gasteiger partial charge in [0.1, 0.15) is 11.7 Å². The molecular formula is C24H27F3N2O4. The quantitative estimate of drug-likeness (QED) is 0.671. The minimum atomic E-state index is -4.42. The summed E-state index contributed by atoms with van der Waals surface area (Å²) in [6.45, 7) is 3.92. The smallest absolute Gasteiger partial charge is 0.417 e. The molecule has 1 amide bonds. The van der Waals surface area contributed by atoms with Crippen molar-refractivity contribution in [1.29, 1.82) is 0 Å². The molecule has 33 heavy (non-hydrogen) atoms. The highest BCUT2D eigenvalue weighted by Crippen LogP contribution is 2.41. The van der Waals surface area contributed by atoms with Gasteiger partial charge in [0.15, 0.2) is 18.1 Å². The highest BCUT2D eigenvalue weighted by Gasteiger charge is 2.33. The van der Waals surface area contributed by atoms with Crippen LogP contribution in [0.25, 0.3) is 0 Å². The molecule has 1 aliphatic heterocycles. The Morgan fingerprint density at radius 1 is 1.18 bits per heavy atom. The standard InChI is InChI=1S/C24H27F3N2O4/c1-23(2)12-15-4-3-5-19(22(15)33-23)31-14-20(30)29-17-7-9-18(10-8-17)32-21-11-6-16(13-28-21)24(25,26)27/h3-6,11,13,17-18H,7-10,12,14H2,1-2H3,(H,29,30). The summed E-state index contributed by atoms with van der Waals surface area (Å²) in [4.78, 5) is 16.1. The monoisotopic (exact) mass is 464 g/mol. The molecule has 4 rings (SSSR count). The van der Waals surface area contributed by atoms with Gasteiger partial charge in [0.25, 0.3) is 5.91 Å². The number of rotatable bonds is 6. The van der Waals surface area contributed by atoms with Crippen LogP contribution >= 0.6 is 0 Å². The van der Waals surface area contributed by atoms with E-state index >= 15 is 0 Å². The van der Waals surface area contributed by atoms with Crippen LogP contribution in [-0.2, 0) is 17.4 Å². The first-order chi connectivity index (χ1) is 15.6. The first-order valence-corrected chi connectivity index (χ1v) is 11.0. The lowest BCUT2D eigenvalue weighted by atomic mass is 9.93. The molecule has 0 unspecified atom stereocenters. The van der Waals surface area contributed by atoms with Crippen molar-refractivity contribution in [2.24, 2.45) is 0 Å². The fourth-order valence-electron chi connectivity index (χ4n) is 4.23. The highest BCUT2D eigenvalue weighted by atomic mass is 19.4. The first kappa shape index (κ1) is 23.2. The van der Waals surface area contributed by atoms with Crippen LogP contribution in [0.2, 0.25) is 0 Å². The number of ether oxygens (including phenoxy) is 3. The van der Waals surface area contributed by atoms with Crippen LogP contribution in [0, 0.1) is 0 Å². The largest absolute Gasteiger partial charge is 0.483 e. The lowest BCUT2D eigenvalue weighted by Gasteiger charge is -2.29. The Labute approximate surface area is 190 Å². The third-order valence-corrected chi connectivity index (χ3v) is 5.80. The Kier molecular flexibility index (Phi) is 6.41. The van der Waals surface area contributed by atoms with Crippen molar-refractivity contribution >= 4 is 5.91 Å². The molecule has 2 heterocycles. The Hall–Kier alpha value is -2.97. The van der Waals surface area contributed by atoms with E-state index in [4.69, 9.17) is 14.2 Å². The van der Waals surface area contributed by atoms with Crippen molar-refractivity contribution < 1.29 is 32.2 Å². The van der Waals surface area contributed by atoms with E-state index in [9.17, 15) is 18.0 Å². The zero-order valence-electron chi connectivity index (χ0n) is 18.6. The summed E-state index contributed by atoms with van der Waals surface area (Å²) in [7, 11) is 0. The van der Waals surface area contributed by atoms with E-state index in [1.165, 1.54) is 6.07 Å². The average Bonchev–Trinajstić information content (AvgIpc) is 3.08. The molecule has 1 saturated carbocycles. The van der Waals surface area contributed by atoms with Gasteiger partial charge < -0.3 is 19.5 Å². The van der Waals surface area contributed by atoms with Crippen molar-refractivity contribution in [3.8, 4) is 17.4 Å². The Morgan fingerprint density at radius 2 is 1.94 bits per heavy atom. The predicted molar refractivity (Wildman–Crippen MR) is 114 cm³/mol. The van der Waals surface area contributed by atoms with E-state index < -0.39 is 11.7 Å². The summed E-state index contributed by atoms with van der Waals surface area (Å²) < 4.78 is 55.3. The maximum absolute atomic E-state index is 12.6. The Bertz CT molecular complexity index is 984. The van der Waals surface area contributed by atoms with Gasteiger partial charge >= 0.3 is 6.18 Å². The number of halogens is 3. The molecule has 1 fully saturated rings. The summed E-state index contributed by atoms with van der Waals surface area (Å²) in [5.41, 5.74) is -0.0290. The highest BCUT2D eigenvalue weighted by molar-refractivity contribution is 5.78. The number of nitrogens with one attached hydrogen (secondary N) is 1. The second kappa shape index (κ2) is 9.11. The van der Waals surface area contributed by atoms with E-state index in [1.807, 2.05) is 26.0 Å². The average molecular weight is 464 g/mol. The molecule has 6 nitrogen and oxygen atoms in total. The molecule has 1 aliphatic carbocycles. The zero-order valence-corrected chi connectivity index (χ0v) is 18.6. The number of alkyl halides is 3. The molecule has 1 N–H and O–H groups in total. The van der Waals surface area contributed by atoms with Crippen molar-refractivity contribution in [2.45, 2.75) is 69.9 Å². The van der Waals surface area contributed by atoms with E-state index in [-0.39, 0.29) is 36.1 Å². The zero-order chi connectivity index (χ0) is 23.6. The van der Waals surface area contributed by atoms with E-state index in [1.54, 1.807) is 6.07 Å². The number of para-hydroxylation sites is 1. The van der Waals surface area contributed by atoms with Crippen molar-refractivity contribution in [2.75, 3.05) is 6.61 Å². The number of aromatic nitrogens is 1. The van der Waals surface area contributed by atoms with E-state index in [0.29, 0.717) is 37.2 Å². The molecule has 9 heteroatoms. The molecule has 178 valence electrons. The van der Waals surface area contributed by atoms with Gasteiger partial charge in [-0.2, -0.15) is 13.2 Å². The number of amides is 1. The molecule has 1 aromatic carbocycles. The maximum Gasteiger partial charge on any atom is 0.417 e. The number of benzene rings is 1. The van der Waals surface area contributed by atoms with E-state index in [2.05, 4.69) is 10.3 Å². The fourth-order valence-corrected chi connectivity index (χ4v) is 4.23. The van der Waals surface area contributed by atoms with Gasteiger partial charge in [0, 0.05) is 30.3 Å². The molecule has 1 aromatic heterocycles. The second-order valence-electron chi connectivity index (χ2n) is 9.11. The number of nitrogens with zero attached hydrogens (tertiary/aromatic N) is 1. The van der Waals surface area contributed by atoms with E-state index in [0.717, 1.165) is 24.2 Å². The lowest BCUT2D eigenvalue weighted by Crippen LogP contribution is -2.41. The van der Waals surface area contributed by atoms with Crippen LogP contribution in [0.3, 0.4) is 0 Å². The number of hydrogen-bond donors (Lipinski definition) is 1. The van der Waals surface area contributed by atoms with Crippen molar-refractivity contribution in [1.82, 2.24) is 10.3 Å². The number of pyridine rings is 1. The van der Waals surface area contributed by atoms with Gasteiger partial charge in [0.2, 0.25) is 5.88 Å².